The molecular weight excluding hydrogens is 370 g/mol. The smallest absolute Gasteiger partial charge is 0.277 e. The highest BCUT2D eigenvalue weighted by atomic mass is 16.5. The summed E-state index contributed by atoms with van der Waals surface area (Å²) in [6.07, 6.45) is 4.76. The number of aromatic nitrogens is 1. The van der Waals surface area contributed by atoms with Crippen LogP contribution in [0.2, 0.25) is 0 Å². The average molecular weight is 397 g/mol. The van der Waals surface area contributed by atoms with Crippen LogP contribution in [0.1, 0.15) is 65.5 Å². The third-order valence-corrected chi connectivity index (χ3v) is 5.71. The Bertz CT molecular complexity index is 915. The summed E-state index contributed by atoms with van der Waals surface area (Å²) < 4.78 is 11.0. The Morgan fingerprint density at radius 3 is 2.72 bits per heavy atom. The van der Waals surface area contributed by atoms with Crippen molar-refractivity contribution in [2.45, 2.75) is 52.0 Å². The molecule has 0 saturated carbocycles. The second-order valence-corrected chi connectivity index (χ2v) is 7.86. The number of nitrogens with one attached hydrogen (secondary N) is 2. The number of rotatable bonds is 5. The van der Waals surface area contributed by atoms with Crippen LogP contribution in [-0.4, -0.2) is 30.0 Å². The van der Waals surface area contributed by atoms with Crippen molar-refractivity contribution >= 4 is 17.5 Å². The number of fused-ring (bicyclic) bond motifs is 1. The highest BCUT2D eigenvalue weighted by Crippen LogP contribution is 2.26. The summed E-state index contributed by atoms with van der Waals surface area (Å²) in [6, 6.07) is 5.63. The first-order valence-electron chi connectivity index (χ1n) is 10.3. The fourth-order valence-electron chi connectivity index (χ4n) is 4.01. The monoisotopic (exact) mass is 397 g/mol. The molecule has 0 unspecified atom stereocenters. The van der Waals surface area contributed by atoms with Gasteiger partial charge >= 0.3 is 0 Å². The van der Waals surface area contributed by atoms with Gasteiger partial charge in [0.05, 0.1) is 0 Å². The van der Waals surface area contributed by atoms with Crippen molar-refractivity contribution in [3.05, 3.63) is 46.7 Å². The van der Waals surface area contributed by atoms with Gasteiger partial charge in [-0.25, -0.2) is 4.98 Å². The van der Waals surface area contributed by atoms with Crippen molar-refractivity contribution in [3.63, 3.8) is 0 Å². The quantitative estimate of drug-likeness (QED) is 0.807. The molecule has 1 saturated heterocycles. The normalized spacial score (nSPS) is 17.6. The second-order valence-electron chi connectivity index (χ2n) is 7.86. The number of anilines is 1. The van der Waals surface area contributed by atoms with Crippen LogP contribution >= 0.6 is 0 Å². The van der Waals surface area contributed by atoms with E-state index in [1.807, 2.05) is 19.1 Å². The summed E-state index contributed by atoms with van der Waals surface area (Å²) in [4.78, 5) is 29.5. The van der Waals surface area contributed by atoms with Gasteiger partial charge < -0.3 is 19.8 Å². The molecular formula is C22H27N3O4. The molecule has 0 spiro atoms. The van der Waals surface area contributed by atoms with Crippen molar-refractivity contribution < 1.29 is 18.7 Å². The third-order valence-electron chi connectivity index (χ3n) is 5.71. The minimum atomic E-state index is -0.411. The molecule has 2 aromatic rings. The maximum Gasteiger partial charge on any atom is 0.277 e. The first-order valence-corrected chi connectivity index (χ1v) is 10.3. The van der Waals surface area contributed by atoms with Crippen molar-refractivity contribution in [1.29, 1.82) is 0 Å². The van der Waals surface area contributed by atoms with E-state index in [0.717, 1.165) is 37.8 Å². The van der Waals surface area contributed by atoms with Crippen LogP contribution in [0.5, 0.6) is 0 Å². The summed E-state index contributed by atoms with van der Waals surface area (Å²) in [7, 11) is 0. The Labute approximate surface area is 170 Å². The minimum absolute atomic E-state index is 0.0270. The molecule has 4 rings (SSSR count). The summed E-state index contributed by atoms with van der Waals surface area (Å²) in [5.41, 5.74) is 3.66. The standard InChI is InChI=1S/C22H27N3O4/c1-13(23-20(26)16-8-10-28-11-9-16)22-25-19(14(2)29-22)21(27)24-18-7-6-15-4-3-5-17(15)12-18/h6-7,12-13,16H,3-5,8-11H2,1-2H3,(H,23,26)(H,24,27)/t13-/m1/s1. The molecule has 1 aromatic heterocycles. The van der Waals surface area contributed by atoms with Gasteiger partial charge in [0.15, 0.2) is 5.69 Å². The summed E-state index contributed by atoms with van der Waals surface area (Å²) in [5.74, 6) is 0.386. The molecule has 0 bridgehead atoms. The Balaban J connectivity index is 1.41. The van der Waals surface area contributed by atoms with Crippen LogP contribution in [0.15, 0.2) is 22.6 Å². The Morgan fingerprint density at radius 1 is 1.17 bits per heavy atom. The second kappa shape index (κ2) is 8.37. The first kappa shape index (κ1) is 19.6. The van der Waals surface area contributed by atoms with Crippen LogP contribution in [-0.2, 0) is 22.4 Å². The van der Waals surface area contributed by atoms with E-state index in [1.165, 1.54) is 11.1 Å². The van der Waals surface area contributed by atoms with E-state index in [-0.39, 0.29) is 23.4 Å². The Kier molecular flexibility index (Phi) is 5.67. The zero-order chi connectivity index (χ0) is 20.4. The van der Waals surface area contributed by atoms with E-state index >= 15 is 0 Å². The van der Waals surface area contributed by atoms with Gasteiger partial charge in [-0.1, -0.05) is 6.07 Å². The van der Waals surface area contributed by atoms with Gasteiger partial charge in [-0.3, -0.25) is 9.59 Å². The van der Waals surface area contributed by atoms with Crippen LogP contribution in [0.4, 0.5) is 5.69 Å². The van der Waals surface area contributed by atoms with Crippen LogP contribution in [0.25, 0.3) is 0 Å². The van der Waals surface area contributed by atoms with E-state index < -0.39 is 6.04 Å². The van der Waals surface area contributed by atoms with Crippen molar-refractivity contribution in [2.75, 3.05) is 18.5 Å². The highest BCUT2D eigenvalue weighted by Gasteiger charge is 2.26. The van der Waals surface area contributed by atoms with Crippen LogP contribution in [0.3, 0.4) is 0 Å². The van der Waals surface area contributed by atoms with Crippen LogP contribution < -0.4 is 10.6 Å². The molecule has 2 N–H and O–H groups in total. The predicted molar refractivity (Wildman–Crippen MR) is 108 cm³/mol. The molecule has 0 radical (unpaired) electrons. The van der Waals surface area contributed by atoms with E-state index in [9.17, 15) is 9.59 Å². The Hall–Kier alpha value is -2.67. The van der Waals surface area contributed by atoms with Gasteiger partial charge in [-0.2, -0.15) is 0 Å². The van der Waals surface area contributed by atoms with E-state index in [4.69, 9.17) is 9.15 Å². The minimum Gasteiger partial charge on any atom is -0.443 e. The molecule has 1 fully saturated rings. The zero-order valence-corrected chi connectivity index (χ0v) is 16.9. The van der Waals surface area contributed by atoms with E-state index in [1.54, 1.807) is 6.92 Å². The van der Waals surface area contributed by atoms with E-state index in [2.05, 4.69) is 21.7 Å². The molecule has 1 atom stereocenters. The van der Waals surface area contributed by atoms with Crippen LogP contribution in [0, 0.1) is 12.8 Å². The number of oxazole rings is 1. The largest absolute Gasteiger partial charge is 0.443 e. The number of ether oxygens (including phenoxy) is 1. The van der Waals surface area contributed by atoms with Crippen molar-refractivity contribution in [1.82, 2.24) is 10.3 Å². The lowest BCUT2D eigenvalue weighted by atomic mass is 9.99. The molecule has 1 aromatic carbocycles. The molecule has 154 valence electrons. The van der Waals surface area contributed by atoms with Gasteiger partial charge in [0.25, 0.3) is 5.91 Å². The molecule has 2 aliphatic rings. The maximum atomic E-state index is 12.7. The van der Waals surface area contributed by atoms with Gasteiger partial charge in [0.1, 0.15) is 11.8 Å². The van der Waals surface area contributed by atoms with Gasteiger partial charge in [0.2, 0.25) is 11.8 Å². The molecule has 2 heterocycles. The number of benzene rings is 1. The number of carbonyl (C=O) groups excluding carboxylic acids is 2. The number of hydrogen-bond donors (Lipinski definition) is 2. The molecule has 1 aliphatic carbocycles. The fraction of sp³-hybridized carbons (Fsp3) is 0.500. The number of hydrogen-bond acceptors (Lipinski definition) is 5. The topological polar surface area (TPSA) is 93.5 Å². The first-order chi connectivity index (χ1) is 14.0. The van der Waals surface area contributed by atoms with Gasteiger partial charge in [-0.15, -0.1) is 0 Å². The lowest BCUT2D eigenvalue weighted by molar-refractivity contribution is -0.128. The summed E-state index contributed by atoms with van der Waals surface area (Å²) >= 11 is 0. The van der Waals surface area contributed by atoms with Crippen molar-refractivity contribution in [3.8, 4) is 0 Å². The lowest BCUT2D eigenvalue weighted by Gasteiger charge is -2.22. The molecule has 1 aliphatic heterocycles. The number of carbonyl (C=O) groups is 2. The maximum absolute atomic E-state index is 12.7. The Morgan fingerprint density at radius 2 is 1.93 bits per heavy atom. The number of amides is 2. The SMILES string of the molecule is Cc1oc([C@@H](C)NC(=O)C2CCOCC2)nc1C(=O)Nc1ccc2c(c1)CCC2. The lowest BCUT2D eigenvalue weighted by Crippen LogP contribution is -2.35. The zero-order valence-electron chi connectivity index (χ0n) is 16.9. The van der Waals surface area contributed by atoms with Gasteiger partial charge in [-0.05, 0) is 69.2 Å². The van der Waals surface area contributed by atoms with Gasteiger partial charge in [0, 0.05) is 24.8 Å². The average Bonchev–Trinajstić information content (AvgIpc) is 3.34. The fourth-order valence-corrected chi connectivity index (χ4v) is 4.01. The number of nitrogens with zero attached hydrogens (tertiary/aromatic N) is 1. The number of aryl methyl sites for hydroxylation is 3. The molecule has 7 nitrogen and oxygen atoms in total. The summed E-state index contributed by atoms with van der Waals surface area (Å²) in [5, 5.41) is 5.85. The summed E-state index contributed by atoms with van der Waals surface area (Å²) in [6.45, 7) is 4.74. The third kappa shape index (κ3) is 4.34. The highest BCUT2D eigenvalue weighted by molar-refractivity contribution is 6.03. The van der Waals surface area contributed by atoms with E-state index in [0.29, 0.717) is 24.9 Å². The molecule has 7 heteroatoms. The molecule has 2 amide bonds. The molecule has 29 heavy (non-hydrogen) atoms. The van der Waals surface area contributed by atoms with Crippen molar-refractivity contribution in [2.24, 2.45) is 5.92 Å². The predicted octanol–water partition coefficient (Wildman–Crippen LogP) is 3.33.